The molecule has 0 saturated heterocycles. The maximum atomic E-state index is 13.6. The number of hydrogen-bond acceptors (Lipinski definition) is 3. The zero-order chi connectivity index (χ0) is 16.8. The molecular formula is C17H15ClFNO2S. The number of carbonyl (C=O) groups is 2. The maximum absolute atomic E-state index is 13.6. The van der Waals surface area contributed by atoms with Gasteiger partial charge in [-0.05, 0) is 31.2 Å². The Bertz CT molecular complexity index is 716. The van der Waals surface area contributed by atoms with E-state index in [2.05, 4.69) is 5.32 Å². The second-order valence-corrected chi connectivity index (χ2v) is 6.27. The van der Waals surface area contributed by atoms with Crippen LogP contribution in [0.3, 0.4) is 0 Å². The summed E-state index contributed by atoms with van der Waals surface area (Å²) in [4.78, 5) is 23.2. The van der Waals surface area contributed by atoms with Gasteiger partial charge in [0.05, 0.1) is 5.75 Å². The molecule has 0 atom stereocenters. The molecule has 0 aromatic heterocycles. The summed E-state index contributed by atoms with van der Waals surface area (Å²) in [5.74, 6) is -0.186. The Labute approximate surface area is 143 Å². The average molecular weight is 352 g/mol. The first-order valence-electron chi connectivity index (χ1n) is 6.89. The van der Waals surface area contributed by atoms with Crippen molar-refractivity contribution >= 4 is 40.7 Å². The molecular weight excluding hydrogens is 337 g/mol. The largest absolute Gasteiger partial charge is 0.325 e. The van der Waals surface area contributed by atoms with E-state index in [0.29, 0.717) is 27.6 Å². The quantitative estimate of drug-likeness (QED) is 0.776. The number of amides is 1. The van der Waals surface area contributed by atoms with Crippen molar-refractivity contribution in [2.75, 3.05) is 11.1 Å². The minimum atomic E-state index is -0.375. The molecule has 0 spiro atoms. The molecule has 0 fully saturated rings. The van der Waals surface area contributed by atoms with Gasteiger partial charge in [0.2, 0.25) is 5.91 Å². The molecule has 2 aromatic rings. The van der Waals surface area contributed by atoms with E-state index in [9.17, 15) is 14.0 Å². The van der Waals surface area contributed by atoms with Crippen molar-refractivity contribution in [3.8, 4) is 0 Å². The van der Waals surface area contributed by atoms with Crippen LogP contribution in [0.1, 0.15) is 22.8 Å². The molecule has 0 unspecified atom stereocenters. The molecule has 6 heteroatoms. The summed E-state index contributed by atoms with van der Waals surface area (Å²) in [6.45, 7) is 1.47. The summed E-state index contributed by atoms with van der Waals surface area (Å²) in [5.41, 5.74) is 1.49. The Morgan fingerprint density at radius 2 is 1.96 bits per heavy atom. The third-order valence-corrected chi connectivity index (χ3v) is 4.41. The number of thioether (sulfide) groups is 1. The molecule has 2 aromatic carbocycles. The van der Waals surface area contributed by atoms with Gasteiger partial charge in [0.1, 0.15) is 5.82 Å². The van der Waals surface area contributed by atoms with E-state index in [0.717, 1.165) is 0 Å². The standard InChI is InChI=1S/C17H15ClFNO2S/c1-11(21)12-4-2-5-13(8-12)20-17(22)10-23-9-14-15(18)6-3-7-16(14)19/h2-8H,9-10H2,1H3,(H,20,22). The SMILES string of the molecule is CC(=O)c1cccc(NC(=O)CSCc2c(F)cccc2Cl)c1. The molecule has 0 aliphatic carbocycles. The zero-order valence-corrected chi connectivity index (χ0v) is 14.0. The first-order valence-corrected chi connectivity index (χ1v) is 8.42. The van der Waals surface area contributed by atoms with Crippen molar-refractivity contribution in [2.45, 2.75) is 12.7 Å². The number of halogens is 2. The van der Waals surface area contributed by atoms with Gasteiger partial charge >= 0.3 is 0 Å². The molecule has 0 radical (unpaired) electrons. The number of hydrogen-bond donors (Lipinski definition) is 1. The highest BCUT2D eigenvalue weighted by Gasteiger charge is 2.09. The van der Waals surface area contributed by atoms with Gasteiger partial charge in [-0.2, -0.15) is 0 Å². The molecule has 23 heavy (non-hydrogen) atoms. The highest BCUT2D eigenvalue weighted by Crippen LogP contribution is 2.24. The minimum Gasteiger partial charge on any atom is -0.325 e. The summed E-state index contributed by atoms with van der Waals surface area (Å²) in [7, 11) is 0. The Morgan fingerprint density at radius 1 is 1.22 bits per heavy atom. The highest BCUT2D eigenvalue weighted by molar-refractivity contribution is 7.99. The lowest BCUT2D eigenvalue weighted by Crippen LogP contribution is -2.14. The minimum absolute atomic E-state index is 0.0651. The fourth-order valence-electron chi connectivity index (χ4n) is 1.93. The zero-order valence-electron chi connectivity index (χ0n) is 12.4. The normalized spacial score (nSPS) is 10.4. The van der Waals surface area contributed by atoms with Crippen LogP contribution in [0.5, 0.6) is 0 Å². The van der Waals surface area contributed by atoms with Crippen molar-refractivity contribution < 1.29 is 14.0 Å². The van der Waals surface area contributed by atoms with E-state index < -0.39 is 0 Å². The van der Waals surface area contributed by atoms with Crippen LogP contribution in [0.4, 0.5) is 10.1 Å². The van der Waals surface area contributed by atoms with Crippen LogP contribution in [0, 0.1) is 5.82 Å². The topological polar surface area (TPSA) is 46.2 Å². The van der Waals surface area contributed by atoms with E-state index in [-0.39, 0.29) is 23.3 Å². The predicted octanol–water partition coefficient (Wildman–Crippen LogP) is 4.55. The van der Waals surface area contributed by atoms with Crippen molar-refractivity contribution in [3.05, 3.63) is 64.4 Å². The van der Waals surface area contributed by atoms with E-state index in [1.165, 1.54) is 24.8 Å². The first kappa shape index (κ1) is 17.5. The van der Waals surface area contributed by atoms with Gasteiger partial charge in [-0.15, -0.1) is 11.8 Å². The monoisotopic (exact) mass is 351 g/mol. The molecule has 1 amide bonds. The fourth-order valence-corrected chi connectivity index (χ4v) is 3.10. The van der Waals surface area contributed by atoms with Gasteiger partial charge < -0.3 is 5.32 Å². The van der Waals surface area contributed by atoms with Gasteiger partial charge in [0, 0.05) is 27.6 Å². The van der Waals surface area contributed by atoms with Gasteiger partial charge in [-0.25, -0.2) is 4.39 Å². The van der Waals surface area contributed by atoms with Gasteiger partial charge in [-0.3, -0.25) is 9.59 Å². The number of benzene rings is 2. The van der Waals surface area contributed by atoms with Crippen LogP contribution < -0.4 is 5.32 Å². The molecule has 0 bridgehead atoms. The summed E-state index contributed by atoms with van der Waals surface area (Å²) < 4.78 is 13.6. The van der Waals surface area contributed by atoms with Crippen LogP contribution in [-0.2, 0) is 10.5 Å². The second kappa shape index (κ2) is 8.13. The molecule has 1 N–H and O–H groups in total. The predicted molar refractivity (Wildman–Crippen MR) is 92.6 cm³/mol. The molecule has 3 nitrogen and oxygen atoms in total. The smallest absolute Gasteiger partial charge is 0.234 e. The summed E-state index contributed by atoms with van der Waals surface area (Å²) in [5, 5.41) is 3.07. The molecule has 0 aliphatic rings. The summed E-state index contributed by atoms with van der Waals surface area (Å²) >= 11 is 7.20. The van der Waals surface area contributed by atoms with Gasteiger partial charge in [0.25, 0.3) is 0 Å². The van der Waals surface area contributed by atoms with Crippen LogP contribution in [0.15, 0.2) is 42.5 Å². The van der Waals surface area contributed by atoms with Crippen molar-refractivity contribution in [3.63, 3.8) is 0 Å². The number of anilines is 1. The second-order valence-electron chi connectivity index (χ2n) is 4.88. The van der Waals surface area contributed by atoms with Crippen LogP contribution in [0.2, 0.25) is 5.02 Å². The third-order valence-electron chi connectivity index (χ3n) is 3.09. The molecule has 120 valence electrons. The Hall–Kier alpha value is -1.85. The van der Waals surface area contributed by atoms with E-state index in [1.807, 2.05) is 0 Å². The van der Waals surface area contributed by atoms with Crippen molar-refractivity contribution in [1.82, 2.24) is 0 Å². The lowest BCUT2D eigenvalue weighted by Gasteiger charge is -2.07. The molecule has 0 aliphatic heterocycles. The van der Waals surface area contributed by atoms with Crippen molar-refractivity contribution in [2.24, 2.45) is 0 Å². The number of ketones is 1. The van der Waals surface area contributed by atoms with Crippen molar-refractivity contribution in [1.29, 1.82) is 0 Å². The summed E-state index contributed by atoms with van der Waals surface area (Å²) in [6.07, 6.45) is 0. The highest BCUT2D eigenvalue weighted by atomic mass is 35.5. The van der Waals surface area contributed by atoms with E-state index in [4.69, 9.17) is 11.6 Å². The number of rotatable bonds is 6. The Morgan fingerprint density at radius 3 is 2.65 bits per heavy atom. The lowest BCUT2D eigenvalue weighted by molar-refractivity contribution is -0.113. The van der Waals surface area contributed by atoms with Gasteiger partial charge in [0.15, 0.2) is 5.78 Å². The van der Waals surface area contributed by atoms with E-state index >= 15 is 0 Å². The van der Waals surface area contributed by atoms with Gasteiger partial charge in [-0.1, -0.05) is 29.8 Å². The third kappa shape index (κ3) is 5.08. The lowest BCUT2D eigenvalue weighted by atomic mass is 10.1. The first-order chi connectivity index (χ1) is 11.0. The van der Waals surface area contributed by atoms with Crippen LogP contribution in [-0.4, -0.2) is 17.4 Å². The average Bonchev–Trinajstić information content (AvgIpc) is 2.50. The van der Waals surface area contributed by atoms with Crippen LogP contribution in [0.25, 0.3) is 0 Å². The Kier molecular flexibility index (Phi) is 6.19. The molecule has 0 heterocycles. The van der Waals surface area contributed by atoms with Crippen LogP contribution >= 0.6 is 23.4 Å². The number of carbonyl (C=O) groups excluding carboxylic acids is 2. The maximum Gasteiger partial charge on any atom is 0.234 e. The molecule has 2 rings (SSSR count). The van der Waals surface area contributed by atoms with E-state index in [1.54, 1.807) is 36.4 Å². The fraction of sp³-hybridized carbons (Fsp3) is 0.176. The Balaban J connectivity index is 1.88. The summed E-state index contributed by atoms with van der Waals surface area (Å²) in [6, 6.07) is 11.2. The molecule has 0 saturated carbocycles. The number of nitrogens with one attached hydrogen (secondary N) is 1. The number of Topliss-reactive ketones (excluding diaryl/α,β-unsaturated/α-hetero) is 1.